The second-order valence-electron chi connectivity index (χ2n) is 6.53. The van der Waals surface area contributed by atoms with Gasteiger partial charge in [-0.25, -0.2) is 9.48 Å². The molecule has 0 bridgehead atoms. The summed E-state index contributed by atoms with van der Waals surface area (Å²) in [7, 11) is 3.45. The summed E-state index contributed by atoms with van der Waals surface area (Å²) in [6.07, 6.45) is 3.43. The van der Waals surface area contributed by atoms with Crippen molar-refractivity contribution >= 4 is 6.03 Å². The standard InChI is InChI=1S/C16H28N4O2/c1-10-6-7-14(11(2)8-10)18-16(21)17-9-13-12(3)19-20(4)15(13)22-5/h10-11,14H,6-9H2,1-5H3,(H2,17,18,21)/t10-,11-,14+/m0/s1. The maximum Gasteiger partial charge on any atom is 0.315 e. The zero-order chi connectivity index (χ0) is 16.3. The summed E-state index contributed by atoms with van der Waals surface area (Å²) in [5.41, 5.74) is 1.80. The fraction of sp³-hybridized carbons (Fsp3) is 0.750. The summed E-state index contributed by atoms with van der Waals surface area (Å²) in [6.45, 7) is 6.84. The summed E-state index contributed by atoms with van der Waals surface area (Å²) >= 11 is 0. The number of methoxy groups -OCH3 is 1. The van der Waals surface area contributed by atoms with Crippen molar-refractivity contribution in [3.8, 4) is 5.88 Å². The Morgan fingerprint density at radius 1 is 1.41 bits per heavy atom. The molecule has 1 heterocycles. The molecule has 1 aromatic heterocycles. The van der Waals surface area contributed by atoms with E-state index in [0.29, 0.717) is 18.3 Å². The van der Waals surface area contributed by atoms with E-state index in [1.54, 1.807) is 11.8 Å². The van der Waals surface area contributed by atoms with Crippen LogP contribution < -0.4 is 15.4 Å². The van der Waals surface area contributed by atoms with E-state index in [4.69, 9.17) is 4.74 Å². The first-order valence-electron chi connectivity index (χ1n) is 8.03. The lowest BCUT2D eigenvalue weighted by Crippen LogP contribution is -2.46. The summed E-state index contributed by atoms with van der Waals surface area (Å²) in [4.78, 5) is 12.1. The Balaban J connectivity index is 1.88. The van der Waals surface area contributed by atoms with Crippen LogP contribution in [0.1, 0.15) is 44.4 Å². The van der Waals surface area contributed by atoms with E-state index in [2.05, 4.69) is 29.6 Å². The van der Waals surface area contributed by atoms with Gasteiger partial charge in [0.15, 0.2) is 0 Å². The summed E-state index contributed by atoms with van der Waals surface area (Å²) in [5.74, 6) is 1.99. The SMILES string of the molecule is COc1c(CNC(=O)N[C@@H]2CC[C@H](C)C[C@@H]2C)c(C)nn1C. The predicted molar refractivity (Wildman–Crippen MR) is 85.8 cm³/mol. The molecular formula is C16H28N4O2. The second-order valence-corrected chi connectivity index (χ2v) is 6.53. The van der Waals surface area contributed by atoms with Gasteiger partial charge in [-0.1, -0.05) is 13.8 Å². The molecule has 2 amide bonds. The van der Waals surface area contributed by atoms with Crippen LogP contribution in [0.15, 0.2) is 0 Å². The van der Waals surface area contributed by atoms with E-state index in [0.717, 1.165) is 23.6 Å². The van der Waals surface area contributed by atoms with Gasteiger partial charge >= 0.3 is 6.03 Å². The topological polar surface area (TPSA) is 68.2 Å². The zero-order valence-corrected chi connectivity index (χ0v) is 14.3. The fourth-order valence-electron chi connectivity index (χ4n) is 3.41. The van der Waals surface area contributed by atoms with Crippen LogP contribution in [0.3, 0.4) is 0 Å². The zero-order valence-electron chi connectivity index (χ0n) is 14.3. The number of aryl methyl sites for hydroxylation is 2. The first-order chi connectivity index (χ1) is 10.4. The third kappa shape index (κ3) is 3.72. The van der Waals surface area contributed by atoms with E-state index in [1.165, 1.54) is 12.8 Å². The molecule has 2 N–H and O–H groups in total. The van der Waals surface area contributed by atoms with Crippen molar-refractivity contribution < 1.29 is 9.53 Å². The Labute approximate surface area is 132 Å². The predicted octanol–water partition coefficient (Wildman–Crippen LogP) is 2.36. The van der Waals surface area contributed by atoms with Crippen molar-refractivity contribution in [2.45, 2.75) is 52.6 Å². The normalized spacial score (nSPS) is 24.9. The minimum absolute atomic E-state index is 0.114. The minimum atomic E-state index is -0.114. The van der Waals surface area contributed by atoms with E-state index in [9.17, 15) is 4.79 Å². The van der Waals surface area contributed by atoms with E-state index < -0.39 is 0 Å². The van der Waals surface area contributed by atoms with Gasteiger partial charge in [0.2, 0.25) is 5.88 Å². The van der Waals surface area contributed by atoms with Crippen LogP contribution in [0.4, 0.5) is 4.79 Å². The number of hydrogen-bond donors (Lipinski definition) is 2. The molecule has 1 fully saturated rings. The van der Waals surface area contributed by atoms with Gasteiger partial charge in [0, 0.05) is 13.1 Å². The maximum atomic E-state index is 12.1. The highest BCUT2D eigenvalue weighted by atomic mass is 16.5. The number of ether oxygens (including phenoxy) is 1. The maximum absolute atomic E-state index is 12.1. The number of amides is 2. The monoisotopic (exact) mass is 308 g/mol. The van der Waals surface area contributed by atoms with Crippen molar-refractivity contribution in [2.24, 2.45) is 18.9 Å². The largest absolute Gasteiger partial charge is 0.481 e. The number of nitrogens with zero attached hydrogens (tertiary/aromatic N) is 2. The Morgan fingerprint density at radius 3 is 2.77 bits per heavy atom. The third-order valence-electron chi connectivity index (χ3n) is 4.66. The number of carbonyl (C=O) groups is 1. The van der Waals surface area contributed by atoms with Crippen molar-refractivity contribution in [2.75, 3.05) is 7.11 Å². The Bertz CT molecular complexity index is 526. The number of hydrogen-bond acceptors (Lipinski definition) is 3. The fourth-order valence-corrected chi connectivity index (χ4v) is 3.41. The average Bonchev–Trinajstić information content (AvgIpc) is 2.73. The first-order valence-corrected chi connectivity index (χ1v) is 8.03. The van der Waals surface area contributed by atoms with Gasteiger partial charge in [-0.15, -0.1) is 0 Å². The van der Waals surface area contributed by atoms with Crippen molar-refractivity contribution in [3.63, 3.8) is 0 Å². The molecule has 1 aliphatic rings. The number of rotatable bonds is 4. The van der Waals surface area contributed by atoms with E-state index in [1.807, 2.05) is 14.0 Å². The van der Waals surface area contributed by atoms with Crippen molar-refractivity contribution in [1.82, 2.24) is 20.4 Å². The molecule has 1 saturated carbocycles. The molecule has 0 saturated heterocycles. The lowest BCUT2D eigenvalue weighted by Gasteiger charge is -2.33. The number of urea groups is 1. The summed E-state index contributed by atoms with van der Waals surface area (Å²) in [5, 5.41) is 10.3. The Kier molecular flexibility index (Phi) is 5.32. The number of aromatic nitrogens is 2. The molecule has 6 heteroatoms. The molecule has 6 nitrogen and oxygen atoms in total. The van der Waals surface area contributed by atoms with Crippen LogP contribution in [-0.4, -0.2) is 29.0 Å². The van der Waals surface area contributed by atoms with E-state index in [-0.39, 0.29) is 12.1 Å². The van der Waals surface area contributed by atoms with Crippen LogP contribution in [0.2, 0.25) is 0 Å². The molecule has 0 spiro atoms. The minimum Gasteiger partial charge on any atom is -0.481 e. The van der Waals surface area contributed by atoms with Gasteiger partial charge in [0.25, 0.3) is 0 Å². The molecule has 3 atom stereocenters. The van der Waals surface area contributed by atoms with Crippen LogP contribution >= 0.6 is 0 Å². The molecule has 1 aromatic rings. The highest BCUT2D eigenvalue weighted by molar-refractivity contribution is 5.74. The molecule has 0 radical (unpaired) electrons. The van der Waals surface area contributed by atoms with Crippen LogP contribution in [0, 0.1) is 18.8 Å². The molecule has 22 heavy (non-hydrogen) atoms. The summed E-state index contributed by atoms with van der Waals surface area (Å²) < 4.78 is 7.03. The van der Waals surface area contributed by atoms with Crippen LogP contribution in [0.25, 0.3) is 0 Å². The highest BCUT2D eigenvalue weighted by Gasteiger charge is 2.26. The van der Waals surface area contributed by atoms with Gasteiger partial charge in [-0.05, 0) is 38.0 Å². The Hall–Kier alpha value is -1.72. The first kappa shape index (κ1) is 16.6. The quantitative estimate of drug-likeness (QED) is 0.897. The molecular weight excluding hydrogens is 280 g/mol. The van der Waals surface area contributed by atoms with Gasteiger partial charge in [0.1, 0.15) is 0 Å². The van der Waals surface area contributed by atoms with Gasteiger partial charge in [-0.3, -0.25) is 0 Å². The van der Waals surface area contributed by atoms with Crippen LogP contribution in [-0.2, 0) is 13.6 Å². The van der Waals surface area contributed by atoms with Crippen molar-refractivity contribution in [3.05, 3.63) is 11.3 Å². The third-order valence-corrected chi connectivity index (χ3v) is 4.66. The highest BCUT2D eigenvalue weighted by Crippen LogP contribution is 2.28. The summed E-state index contributed by atoms with van der Waals surface area (Å²) in [6, 6.07) is 0.157. The molecule has 0 aliphatic heterocycles. The smallest absolute Gasteiger partial charge is 0.315 e. The molecule has 124 valence electrons. The number of nitrogens with one attached hydrogen (secondary N) is 2. The average molecular weight is 308 g/mol. The molecule has 1 aliphatic carbocycles. The number of carbonyl (C=O) groups excluding carboxylic acids is 1. The van der Waals surface area contributed by atoms with Crippen molar-refractivity contribution in [1.29, 1.82) is 0 Å². The second kappa shape index (κ2) is 7.03. The molecule has 0 unspecified atom stereocenters. The molecule has 2 rings (SSSR count). The van der Waals surface area contributed by atoms with Crippen LogP contribution in [0.5, 0.6) is 5.88 Å². The lowest BCUT2D eigenvalue weighted by molar-refractivity contribution is 0.206. The molecule has 0 aromatic carbocycles. The Morgan fingerprint density at radius 2 is 2.14 bits per heavy atom. The van der Waals surface area contributed by atoms with E-state index >= 15 is 0 Å². The van der Waals surface area contributed by atoms with Gasteiger partial charge < -0.3 is 15.4 Å². The van der Waals surface area contributed by atoms with Gasteiger partial charge in [-0.2, -0.15) is 5.10 Å². The lowest BCUT2D eigenvalue weighted by atomic mass is 9.80. The van der Waals surface area contributed by atoms with Gasteiger partial charge in [0.05, 0.1) is 24.9 Å².